The molecule has 0 saturated carbocycles. The molecule has 18 heavy (non-hydrogen) atoms. The summed E-state index contributed by atoms with van der Waals surface area (Å²) in [5.74, 6) is 0.422. The van der Waals surface area contributed by atoms with Crippen molar-refractivity contribution in [2.45, 2.75) is 26.8 Å². The molecule has 0 heterocycles. The zero-order chi connectivity index (χ0) is 13.7. The lowest BCUT2D eigenvalue weighted by molar-refractivity contribution is 0.299. The molecule has 0 aliphatic heterocycles. The third-order valence-electron chi connectivity index (χ3n) is 2.87. The van der Waals surface area contributed by atoms with Gasteiger partial charge in [-0.25, -0.2) is 4.39 Å². The minimum absolute atomic E-state index is 0.230. The monoisotopic (exact) mass is 268 g/mol. The minimum Gasteiger partial charge on any atom is -0.389 e. The number of halogens is 1. The van der Waals surface area contributed by atoms with E-state index < -0.39 is 0 Å². The van der Waals surface area contributed by atoms with Crippen LogP contribution in [0.15, 0.2) is 18.2 Å². The number of nitrogens with two attached hydrogens (primary N) is 1. The van der Waals surface area contributed by atoms with E-state index in [1.165, 1.54) is 6.07 Å². The van der Waals surface area contributed by atoms with Crippen molar-refractivity contribution in [3.05, 3.63) is 35.1 Å². The van der Waals surface area contributed by atoms with E-state index in [0.29, 0.717) is 23.6 Å². The van der Waals surface area contributed by atoms with Crippen molar-refractivity contribution in [2.24, 2.45) is 11.7 Å². The van der Waals surface area contributed by atoms with E-state index in [1.807, 2.05) is 7.05 Å². The van der Waals surface area contributed by atoms with Gasteiger partial charge in [-0.05, 0) is 32.0 Å². The van der Waals surface area contributed by atoms with E-state index in [1.54, 1.807) is 12.1 Å². The maximum Gasteiger partial charge on any atom is 0.128 e. The molecule has 1 rings (SSSR count). The van der Waals surface area contributed by atoms with Gasteiger partial charge in [-0.3, -0.25) is 0 Å². The van der Waals surface area contributed by atoms with E-state index in [-0.39, 0.29) is 10.8 Å². The van der Waals surface area contributed by atoms with Crippen molar-refractivity contribution in [1.82, 2.24) is 4.90 Å². The quantitative estimate of drug-likeness (QED) is 0.804. The third-order valence-corrected chi connectivity index (χ3v) is 3.10. The standard InChI is InChI=1S/C14H21FN2S/c1-10(2)6-7-17(3)9-12-5-4-11(14(16)18)8-13(12)15/h4-5,8,10H,6-7,9H2,1-3H3,(H2,16,18). The van der Waals surface area contributed by atoms with Gasteiger partial charge in [0.25, 0.3) is 0 Å². The second-order valence-electron chi connectivity index (χ2n) is 5.09. The van der Waals surface area contributed by atoms with Gasteiger partial charge in [0.2, 0.25) is 0 Å². The Bertz CT molecular complexity index is 418. The fourth-order valence-corrected chi connectivity index (χ4v) is 1.80. The zero-order valence-electron chi connectivity index (χ0n) is 11.2. The molecule has 0 amide bonds. The summed E-state index contributed by atoms with van der Waals surface area (Å²) in [6.07, 6.45) is 1.11. The summed E-state index contributed by atoms with van der Waals surface area (Å²) in [4.78, 5) is 2.35. The highest BCUT2D eigenvalue weighted by molar-refractivity contribution is 7.80. The molecule has 0 atom stereocenters. The molecule has 0 spiro atoms. The normalized spacial score (nSPS) is 11.2. The number of benzene rings is 1. The number of rotatable bonds is 6. The van der Waals surface area contributed by atoms with Crippen molar-refractivity contribution < 1.29 is 4.39 Å². The maximum atomic E-state index is 13.8. The van der Waals surface area contributed by atoms with Crippen molar-refractivity contribution in [2.75, 3.05) is 13.6 Å². The first kappa shape index (κ1) is 15.1. The average molecular weight is 268 g/mol. The lowest BCUT2D eigenvalue weighted by Gasteiger charge is -2.18. The summed E-state index contributed by atoms with van der Waals surface area (Å²) >= 11 is 4.82. The molecule has 0 aromatic heterocycles. The molecule has 0 saturated heterocycles. The van der Waals surface area contributed by atoms with Gasteiger partial charge in [-0.2, -0.15) is 0 Å². The zero-order valence-corrected chi connectivity index (χ0v) is 12.1. The Labute approximate surface area is 114 Å². The Morgan fingerprint density at radius 1 is 1.44 bits per heavy atom. The Kier molecular flexibility index (Phi) is 5.69. The largest absolute Gasteiger partial charge is 0.389 e. The average Bonchev–Trinajstić information content (AvgIpc) is 2.29. The fraction of sp³-hybridized carbons (Fsp3) is 0.500. The van der Waals surface area contributed by atoms with E-state index in [0.717, 1.165) is 13.0 Å². The Hall–Kier alpha value is -1.00. The summed E-state index contributed by atoms with van der Waals surface area (Å²) in [5.41, 5.74) is 6.73. The highest BCUT2D eigenvalue weighted by Gasteiger charge is 2.08. The SMILES string of the molecule is CC(C)CCN(C)Cc1ccc(C(N)=S)cc1F. The summed E-state index contributed by atoms with van der Waals surface area (Å²) < 4.78 is 13.8. The van der Waals surface area contributed by atoms with Crippen molar-refractivity contribution in [3.8, 4) is 0 Å². The first-order valence-electron chi connectivity index (χ1n) is 6.17. The fourth-order valence-electron chi connectivity index (χ4n) is 1.68. The van der Waals surface area contributed by atoms with Crippen LogP contribution in [0.3, 0.4) is 0 Å². The minimum atomic E-state index is -0.239. The molecule has 100 valence electrons. The molecule has 0 aliphatic carbocycles. The van der Waals surface area contributed by atoms with Gasteiger partial charge in [-0.15, -0.1) is 0 Å². The third kappa shape index (κ3) is 4.70. The van der Waals surface area contributed by atoms with E-state index >= 15 is 0 Å². The Morgan fingerprint density at radius 2 is 2.11 bits per heavy atom. The van der Waals surface area contributed by atoms with Crippen LogP contribution in [0.1, 0.15) is 31.4 Å². The summed E-state index contributed by atoms with van der Waals surface area (Å²) in [7, 11) is 2.00. The molecule has 0 bridgehead atoms. The molecule has 2 nitrogen and oxygen atoms in total. The van der Waals surface area contributed by atoms with Crippen molar-refractivity contribution >= 4 is 17.2 Å². The van der Waals surface area contributed by atoms with Gasteiger partial charge < -0.3 is 10.6 Å². The van der Waals surface area contributed by atoms with Crippen LogP contribution in [0.25, 0.3) is 0 Å². The summed E-state index contributed by atoms with van der Waals surface area (Å²) in [6.45, 7) is 5.95. The number of nitrogens with zero attached hydrogens (tertiary/aromatic N) is 1. The van der Waals surface area contributed by atoms with E-state index in [4.69, 9.17) is 18.0 Å². The van der Waals surface area contributed by atoms with E-state index in [9.17, 15) is 4.39 Å². The van der Waals surface area contributed by atoms with Crippen LogP contribution >= 0.6 is 12.2 Å². The Balaban J connectivity index is 2.64. The lowest BCUT2D eigenvalue weighted by Crippen LogP contribution is -2.21. The van der Waals surface area contributed by atoms with Crippen molar-refractivity contribution in [1.29, 1.82) is 0 Å². The van der Waals surface area contributed by atoms with Crippen LogP contribution in [0.5, 0.6) is 0 Å². The number of thiocarbonyl (C=S) groups is 1. The van der Waals surface area contributed by atoms with Crippen LogP contribution < -0.4 is 5.73 Å². The van der Waals surface area contributed by atoms with Crippen LogP contribution in [0.2, 0.25) is 0 Å². The van der Waals surface area contributed by atoms with E-state index in [2.05, 4.69) is 18.7 Å². The smallest absolute Gasteiger partial charge is 0.128 e. The van der Waals surface area contributed by atoms with Crippen LogP contribution in [-0.2, 0) is 6.54 Å². The first-order chi connectivity index (χ1) is 8.40. The van der Waals surface area contributed by atoms with Crippen LogP contribution in [0, 0.1) is 11.7 Å². The first-order valence-corrected chi connectivity index (χ1v) is 6.57. The highest BCUT2D eigenvalue weighted by atomic mass is 32.1. The molecule has 4 heteroatoms. The highest BCUT2D eigenvalue weighted by Crippen LogP contribution is 2.13. The molecule has 1 aromatic carbocycles. The molecule has 0 radical (unpaired) electrons. The molecule has 0 unspecified atom stereocenters. The predicted molar refractivity (Wildman–Crippen MR) is 78.1 cm³/mol. The molecule has 2 N–H and O–H groups in total. The second-order valence-corrected chi connectivity index (χ2v) is 5.53. The molecule has 0 aliphatic rings. The predicted octanol–water partition coefficient (Wildman–Crippen LogP) is 2.94. The Morgan fingerprint density at radius 3 is 2.61 bits per heavy atom. The summed E-state index contributed by atoms with van der Waals surface area (Å²) in [5, 5.41) is 0. The molecule has 1 aromatic rings. The lowest BCUT2D eigenvalue weighted by atomic mass is 10.1. The van der Waals surface area contributed by atoms with Gasteiger partial charge in [0, 0.05) is 17.7 Å². The summed E-state index contributed by atoms with van der Waals surface area (Å²) in [6, 6.07) is 4.95. The topological polar surface area (TPSA) is 29.3 Å². The van der Waals surface area contributed by atoms with Gasteiger partial charge in [0.05, 0.1) is 0 Å². The number of hydrogen-bond donors (Lipinski definition) is 1. The van der Waals surface area contributed by atoms with Gasteiger partial charge in [0.1, 0.15) is 10.8 Å². The molecular weight excluding hydrogens is 247 g/mol. The molecular formula is C14H21FN2S. The van der Waals surface area contributed by atoms with Gasteiger partial charge >= 0.3 is 0 Å². The second kappa shape index (κ2) is 6.81. The van der Waals surface area contributed by atoms with Gasteiger partial charge in [0.15, 0.2) is 0 Å². The van der Waals surface area contributed by atoms with Crippen LogP contribution in [-0.4, -0.2) is 23.5 Å². The van der Waals surface area contributed by atoms with Gasteiger partial charge in [-0.1, -0.05) is 38.2 Å². The maximum absolute atomic E-state index is 13.8. The van der Waals surface area contributed by atoms with Crippen molar-refractivity contribution in [3.63, 3.8) is 0 Å². The van der Waals surface area contributed by atoms with Crippen LogP contribution in [0.4, 0.5) is 4.39 Å². The molecule has 0 fully saturated rings. The number of hydrogen-bond acceptors (Lipinski definition) is 2.